The number of hydrogen-bond acceptors (Lipinski definition) is 15. The molecule has 2 N–H and O–H groups in total. The smallest absolute Gasteiger partial charge is 0.461 e. The first-order valence-electron chi connectivity index (χ1n) is 16.9. The highest BCUT2D eigenvalue weighted by atomic mass is 31.2. The zero-order valence-corrected chi connectivity index (χ0v) is 30.2. The minimum absolute atomic E-state index is 0.00288. The Hall–Kier alpha value is -3.99. The molecule has 6 atom stereocenters. The van der Waals surface area contributed by atoms with Gasteiger partial charge in [-0.05, 0) is 36.2 Å². The quantitative estimate of drug-likeness (QED) is 0.0771. The van der Waals surface area contributed by atoms with Crippen LogP contribution in [0.1, 0.15) is 42.6 Å². The van der Waals surface area contributed by atoms with Crippen molar-refractivity contribution in [1.29, 1.82) is 0 Å². The van der Waals surface area contributed by atoms with Gasteiger partial charge in [0.15, 0.2) is 6.10 Å². The fraction of sp³-hybridized carbons (Fsp3) is 0.486. The number of carbonyl (C=O) groups is 4. The summed E-state index contributed by atoms with van der Waals surface area (Å²) in [5.74, 6) is -2.21. The second kappa shape index (κ2) is 20.9. The number of phosphoric acid groups is 1. The summed E-state index contributed by atoms with van der Waals surface area (Å²) in [6.45, 7) is 4.67. The molecule has 2 aromatic rings. The Morgan fingerprint density at radius 3 is 2.25 bits per heavy atom. The molecule has 0 spiro atoms. The molecule has 0 bridgehead atoms. The molecule has 2 amide bonds. The summed E-state index contributed by atoms with van der Waals surface area (Å²) in [5, 5.41) is 5.16. The minimum Gasteiger partial charge on any atom is -0.461 e. The van der Waals surface area contributed by atoms with Crippen molar-refractivity contribution in [1.82, 2.24) is 10.6 Å². The maximum absolute atomic E-state index is 14.5. The summed E-state index contributed by atoms with van der Waals surface area (Å²) in [6, 6.07) is 13.4. The van der Waals surface area contributed by atoms with E-state index in [0.717, 1.165) is 0 Å². The highest BCUT2D eigenvalue weighted by Crippen LogP contribution is 2.53. The summed E-state index contributed by atoms with van der Waals surface area (Å²) in [6.07, 6.45) is -1.44. The Labute approximate surface area is 301 Å². The number of nitrogens with one attached hydrogen (secondary N) is 2. The van der Waals surface area contributed by atoms with Crippen LogP contribution >= 0.6 is 7.82 Å². The Balaban J connectivity index is 1.56. The maximum atomic E-state index is 14.5. The average Bonchev–Trinajstić information content (AvgIpc) is 3.46. The van der Waals surface area contributed by atoms with Gasteiger partial charge in [-0.1, -0.05) is 50.3 Å². The van der Waals surface area contributed by atoms with Gasteiger partial charge in [0.25, 0.3) is 0 Å². The van der Waals surface area contributed by atoms with Crippen molar-refractivity contribution in [3.63, 3.8) is 0 Å². The summed E-state index contributed by atoms with van der Waals surface area (Å²) >= 11 is 0. The first kappa shape index (κ1) is 40.8. The minimum atomic E-state index is -4.55. The maximum Gasteiger partial charge on any atom is 0.530 e. The topological polar surface area (TPSA) is 192 Å². The monoisotopic (exact) mass is 748 g/mol. The molecule has 52 heavy (non-hydrogen) atoms. The molecule has 2 aliphatic rings. The predicted molar refractivity (Wildman–Crippen MR) is 183 cm³/mol. The molecule has 0 aromatic heterocycles. The Bertz CT molecular complexity index is 1540. The van der Waals surface area contributed by atoms with Crippen molar-refractivity contribution in [2.45, 2.75) is 63.9 Å². The van der Waals surface area contributed by atoms with E-state index in [0.29, 0.717) is 31.8 Å². The molecule has 16 nitrogen and oxygen atoms in total. The van der Waals surface area contributed by atoms with E-state index in [1.807, 2.05) is 0 Å². The molecule has 4 unspecified atom stereocenters. The van der Waals surface area contributed by atoms with Crippen molar-refractivity contribution in [3.8, 4) is 5.75 Å². The lowest BCUT2D eigenvalue weighted by Gasteiger charge is -2.29. The van der Waals surface area contributed by atoms with Gasteiger partial charge in [0, 0.05) is 19.6 Å². The lowest BCUT2D eigenvalue weighted by molar-refractivity contribution is -0.144. The van der Waals surface area contributed by atoms with E-state index in [-0.39, 0.29) is 50.1 Å². The molecule has 0 saturated carbocycles. The first-order chi connectivity index (χ1) is 25.1. The SMILES string of the molecule is CCC(=O)OCc1ccc(OP(=O)(OCCOCCOCCOC)OC2C(OC(=O)c3ccccc3)[C@H](NC3C=CC(=O)NC3=O)O[C@@H]2CC)cc1. The van der Waals surface area contributed by atoms with Crippen molar-refractivity contribution < 1.29 is 65.7 Å². The zero-order chi connectivity index (χ0) is 37.3. The fourth-order valence-corrected chi connectivity index (χ4v) is 6.36. The summed E-state index contributed by atoms with van der Waals surface area (Å²) in [4.78, 5) is 49.3. The van der Waals surface area contributed by atoms with E-state index in [1.165, 1.54) is 24.3 Å². The van der Waals surface area contributed by atoms with Gasteiger partial charge in [-0.15, -0.1) is 0 Å². The number of hydrogen-bond donors (Lipinski definition) is 2. The Morgan fingerprint density at radius 2 is 1.60 bits per heavy atom. The van der Waals surface area contributed by atoms with Crippen LogP contribution in [0.3, 0.4) is 0 Å². The third-order valence-corrected chi connectivity index (χ3v) is 9.07. The van der Waals surface area contributed by atoms with Crippen LogP contribution in [-0.4, -0.2) is 101 Å². The van der Waals surface area contributed by atoms with Crippen molar-refractivity contribution in [2.75, 3.05) is 46.8 Å². The van der Waals surface area contributed by atoms with Gasteiger partial charge in [-0.2, -0.15) is 0 Å². The number of methoxy groups -OCH3 is 1. The van der Waals surface area contributed by atoms with Crippen molar-refractivity contribution in [2.24, 2.45) is 0 Å². The summed E-state index contributed by atoms with van der Waals surface area (Å²) in [7, 11) is -2.98. The van der Waals surface area contributed by atoms with Gasteiger partial charge in [-0.25, -0.2) is 9.36 Å². The summed E-state index contributed by atoms with van der Waals surface area (Å²) in [5.41, 5.74) is 0.885. The van der Waals surface area contributed by atoms with Crippen LogP contribution < -0.4 is 15.2 Å². The molecule has 0 aliphatic carbocycles. The Morgan fingerprint density at radius 1 is 0.904 bits per heavy atom. The molecule has 1 fully saturated rings. The van der Waals surface area contributed by atoms with Gasteiger partial charge in [-0.3, -0.25) is 34.1 Å². The van der Waals surface area contributed by atoms with Gasteiger partial charge in [0.2, 0.25) is 11.8 Å². The molecule has 4 rings (SSSR count). The molecular formula is C35H45N2O14P. The lowest BCUT2D eigenvalue weighted by atomic mass is 10.1. The normalized spacial score (nSPS) is 22.4. The van der Waals surface area contributed by atoms with Gasteiger partial charge in [0.05, 0.1) is 51.3 Å². The van der Waals surface area contributed by atoms with E-state index in [2.05, 4.69) is 10.6 Å². The Kier molecular flexibility index (Phi) is 16.4. The van der Waals surface area contributed by atoms with Crippen LogP contribution in [0.2, 0.25) is 0 Å². The lowest BCUT2D eigenvalue weighted by Crippen LogP contribution is -2.54. The second-order valence-corrected chi connectivity index (χ2v) is 13.0. The van der Waals surface area contributed by atoms with Crippen molar-refractivity contribution in [3.05, 3.63) is 77.9 Å². The molecule has 0 radical (unpaired) electrons. The molecule has 2 aromatic carbocycles. The highest BCUT2D eigenvalue weighted by molar-refractivity contribution is 7.49. The fourth-order valence-electron chi connectivity index (χ4n) is 4.97. The predicted octanol–water partition coefficient (Wildman–Crippen LogP) is 3.24. The first-order valence-corrected chi connectivity index (χ1v) is 18.3. The number of imide groups is 1. The third kappa shape index (κ3) is 12.6. The number of ether oxygens (including phenoxy) is 6. The van der Waals surface area contributed by atoms with Crippen molar-refractivity contribution >= 4 is 31.6 Å². The molecule has 2 heterocycles. The number of esters is 2. The van der Waals surface area contributed by atoms with Gasteiger partial charge < -0.3 is 32.9 Å². The van der Waals surface area contributed by atoms with Gasteiger partial charge >= 0.3 is 19.8 Å². The molecule has 17 heteroatoms. The number of amides is 2. The van der Waals surface area contributed by atoms with E-state index in [4.69, 9.17) is 42.0 Å². The van der Waals surface area contributed by atoms with Crippen LogP contribution in [0.25, 0.3) is 0 Å². The van der Waals surface area contributed by atoms with Crippen LogP contribution in [-0.2, 0) is 63.0 Å². The molecule has 1 saturated heterocycles. The average molecular weight is 749 g/mol. The number of rotatable bonds is 22. The second-order valence-electron chi connectivity index (χ2n) is 11.4. The van der Waals surface area contributed by atoms with Crippen LogP contribution in [0.5, 0.6) is 5.75 Å². The zero-order valence-electron chi connectivity index (χ0n) is 29.3. The van der Waals surface area contributed by atoms with Crippen LogP contribution in [0.15, 0.2) is 66.7 Å². The van der Waals surface area contributed by atoms with E-state index >= 15 is 0 Å². The highest BCUT2D eigenvalue weighted by Gasteiger charge is 2.52. The molecule has 2 aliphatic heterocycles. The number of phosphoric ester groups is 1. The van der Waals surface area contributed by atoms with Crippen LogP contribution in [0, 0.1) is 0 Å². The van der Waals surface area contributed by atoms with E-state index in [9.17, 15) is 23.7 Å². The van der Waals surface area contributed by atoms with Gasteiger partial charge in [0.1, 0.15) is 30.7 Å². The standard InChI is InChI=1S/C35H45N2O14P/c1-4-28-31(32(49-35(41)25-9-7-6-8-10-25)34(48-28)36-27-15-16-29(38)37-33(27)40)51-52(42,47-22-21-45-20-19-44-18-17-43-3)50-26-13-11-24(12-14-26)23-46-30(39)5-2/h6-16,27-28,31-32,34,36H,4-5,17-23H2,1-3H3,(H,37,38,40)/t27?,28-,31?,32?,34-,52?/m1/s1. The number of benzene rings is 2. The van der Waals surface area contributed by atoms with Crippen LogP contribution in [0.4, 0.5) is 0 Å². The largest absolute Gasteiger partial charge is 0.530 e. The molecular weight excluding hydrogens is 703 g/mol. The summed E-state index contributed by atoms with van der Waals surface area (Å²) < 4.78 is 65.4. The van der Waals surface area contributed by atoms with E-state index in [1.54, 1.807) is 63.4 Å². The van der Waals surface area contributed by atoms with E-state index < -0.39 is 56.2 Å². The number of carbonyl (C=O) groups excluding carboxylic acids is 4. The third-order valence-electron chi connectivity index (χ3n) is 7.64. The molecule has 284 valence electrons.